The monoisotopic (exact) mass is 442 g/mol. The summed E-state index contributed by atoms with van der Waals surface area (Å²) < 4.78 is 36.4. The predicted molar refractivity (Wildman–Crippen MR) is 92.6 cm³/mol. The lowest BCUT2D eigenvalue weighted by Crippen LogP contribution is -2.20. The van der Waals surface area contributed by atoms with Crippen molar-refractivity contribution in [3.8, 4) is 0 Å². The predicted octanol–water partition coefficient (Wildman–Crippen LogP) is 0.361. The van der Waals surface area contributed by atoms with Gasteiger partial charge in [0.25, 0.3) is 0 Å². The molecule has 0 aromatic rings. The van der Waals surface area contributed by atoms with Crippen LogP contribution in [-0.2, 0) is 37.9 Å². The minimum Gasteiger partial charge on any atom is -0.432 e. The summed E-state index contributed by atoms with van der Waals surface area (Å²) in [5, 5.41) is 17.8. The molecule has 0 saturated heterocycles. The molecule has 0 aliphatic heterocycles. The third-order valence-corrected chi connectivity index (χ3v) is 2.45. The molecular weight excluding hydrogens is 416 g/mol. The summed E-state index contributed by atoms with van der Waals surface area (Å²) in [5.74, 6) is 0. The quantitative estimate of drug-likeness (QED) is 0.226. The SMILES string of the molecule is CC(O)COC(=O)OCCOC(=O)OCCOC(=O)OCCOC(=O)OCC(C)O. The molecule has 0 aromatic carbocycles. The summed E-state index contributed by atoms with van der Waals surface area (Å²) in [6.45, 7) is 0.560. The van der Waals surface area contributed by atoms with Gasteiger partial charge in [0.2, 0.25) is 0 Å². The van der Waals surface area contributed by atoms with Gasteiger partial charge in [0.15, 0.2) is 0 Å². The molecule has 0 radical (unpaired) electrons. The molecule has 2 unspecified atom stereocenters. The fourth-order valence-electron chi connectivity index (χ4n) is 1.29. The molecule has 0 amide bonds. The van der Waals surface area contributed by atoms with E-state index in [1.54, 1.807) is 0 Å². The highest BCUT2D eigenvalue weighted by Crippen LogP contribution is 1.93. The highest BCUT2D eigenvalue weighted by Gasteiger charge is 2.10. The van der Waals surface area contributed by atoms with E-state index >= 15 is 0 Å². The van der Waals surface area contributed by atoms with Crippen LogP contribution in [0, 0.1) is 0 Å². The number of rotatable bonds is 13. The second kappa shape index (κ2) is 16.9. The number of hydrogen-bond acceptors (Lipinski definition) is 14. The van der Waals surface area contributed by atoms with Gasteiger partial charge in [-0.05, 0) is 13.8 Å². The van der Waals surface area contributed by atoms with E-state index in [0.717, 1.165) is 0 Å². The van der Waals surface area contributed by atoms with Crippen LogP contribution in [0.1, 0.15) is 13.8 Å². The van der Waals surface area contributed by atoms with E-state index in [9.17, 15) is 19.2 Å². The van der Waals surface area contributed by atoms with Crippen LogP contribution in [0.4, 0.5) is 19.2 Å². The molecule has 2 N–H and O–H groups in total. The lowest BCUT2D eigenvalue weighted by atomic mass is 10.5. The molecule has 174 valence electrons. The highest BCUT2D eigenvalue weighted by atomic mass is 16.8. The van der Waals surface area contributed by atoms with Crippen molar-refractivity contribution in [2.24, 2.45) is 0 Å². The van der Waals surface area contributed by atoms with Crippen LogP contribution in [0.25, 0.3) is 0 Å². The molecule has 14 nitrogen and oxygen atoms in total. The Balaban J connectivity index is 3.54. The maximum atomic E-state index is 11.2. The maximum absolute atomic E-state index is 11.2. The Morgan fingerprint density at radius 1 is 0.500 bits per heavy atom. The summed E-state index contributed by atoms with van der Waals surface area (Å²) in [6, 6.07) is 0. The zero-order valence-electron chi connectivity index (χ0n) is 16.6. The minimum absolute atomic E-state index is 0.228. The Hall–Kier alpha value is -3.00. The highest BCUT2D eigenvalue weighted by molar-refractivity contribution is 5.61. The van der Waals surface area contributed by atoms with Crippen LogP contribution >= 0.6 is 0 Å². The van der Waals surface area contributed by atoms with Gasteiger partial charge in [0.05, 0.1) is 12.2 Å². The molecule has 0 rings (SSSR count). The molecule has 0 saturated carbocycles. The summed E-state index contributed by atoms with van der Waals surface area (Å²) in [4.78, 5) is 44.5. The van der Waals surface area contributed by atoms with Crippen molar-refractivity contribution < 1.29 is 67.3 Å². The Kier molecular flexibility index (Phi) is 15.2. The van der Waals surface area contributed by atoms with Crippen LogP contribution in [0.3, 0.4) is 0 Å². The van der Waals surface area contributed by atoms with Crippen molar-refractivity contribution in [2.75, 3.05) is 52.9 Å². The molecule has 14 heteroatoms. The third-order valence-electron chi connectivity index (χ3n) is 2.45. The van der Waals surface area contributed by atoms with Crippen molar-refractivity contribution in [3.63, 3.8) is 0 Å². The van der Waals surface area contributed by atoms with E-state index < -0.39 is 36.8 Å². The molecule has 0 aromatic heterocycles. The van der Waals surface area contributed by atoms with Crippen molar-refractivity contribution in [1.82, 2.24) is 0 Å². The standard InChI is InChI=1S/C16H26O14/c1-11(17)9-29-15(21)27-7-5-25-13(19)23-3-4-24-14(20)26-6-8-28-16(22)30-10-12(2)18/h11-12,17-18H,3-10H2,1-2H3. The number of carbonyl (C=O) groups is 4. The van der Waals surface area contributed by atoms with Gasteiger partial charge >= 0.3 is 24.6 Å². The molecule has 0 aliphatic rings. The minimum atomic E-state index is -1.09. The van der Waals surface area contributed by atoms with E-state index in [1.165, 1.54) is 13.8 Å². The number of aliphatic hydroxyl groups excluding tert-OH is 2. The molecule has 0 aliphatic carbocycles. The van der Waals surface area contributed by atoms with E-state index in [-0.39, 0.29) is 52.9 Å². The van der Waals surface area contributed by atoms with Crippen LogP contribution in [0.2, 0.25) is 0 Å². The van der Waals surface area contributed by atoms with Gasteiger partial charge in [0.1, 0.15) is 52.9 Å². The van der Waals surface area contributed by atoms with Crippen molar-refractivity contribution >= 4 is 24.6 Å². The van der Waals surface area contributed by atoms with E-state index in [1.807, 2.05) is 0 Å². The summed E-state index contributed by atoms with van der Waals surface area (Å²) in [5.41, 5.74) is 0. The van der Waals surface area contributed by atoms with Gasteiger partial charge < -0.3 is 48.1 Å². The first-order chi connectivity index (χ1) is 14.2. The Bertz CT molecular complexity index is 472. The van der Waals surface area contributed by atoms with Gasteiger partial charge in [-0.2, -0.15) is 0 Å². The zero-order chi connectivity index (χ0) is 22.8. The zero-order valence-corrected chi connectivity index (χ0v) is 16.6. The average Bonchev–Trinajstić information content (AvgIpc) is 2.68. The van der Waals surface area contributed by atoms with Crippen molar-refractivity contribution in [1.29, 1.82) is 0 Å². The Labute approximate surface area is 171 Å². The van der Waals surface area contributed by atoms with E-state index in [4.69, 9.17) is 10.2 Å². The van der Waals surface area contributed by atoms with Crippen molar-refractivity contribution in [2.45, 2.75) is 26.1 Å². The molecular formula is C16H26O14. The van der Waals surface area contributed by atoms with Gasteiger partial charge in [-0.25, -0.2) is 19.2 Å². The fraction of sp³-hybridized carbons (Fsp3) is 0.750. The summed E-state index contributed by atoms with van der Waals surface area (Å²) >= 11 is 0. The Morgan fingerprint density at radius 2 is 0.700 bits per heavy atom. The third kappa shape index (κ3) is 18.4. The maximum Gasteiger partial charge on any atom is 0.508 e. The molecule has 30 heavy (non-hydrogen) atoms. The lowest BCUT2D eigenvalue weighted by molar-refractivity contribution is -0.00716. The van der Waals surface area contributed by atoms with Gasteiger partial charge in [-0.1, -0.05) is 0 Å². The first-order valence-electron chi connectivity index (χ1n) is 8.75. The lowest BCUT2D eigenvalue weighted by Gasteiger charge is -2.09. The molecule has 0 heterocycles. The Morgan fingerprint density at radius 3 is 0.900 bits per heavy atom. The first kappa shape index (κ1) is 27.0. The van der Waals surface area contributed by atoms with Crippen LogP contribution in [0.5, 0.6) is 0 Å². The topological polar surface area (TPSA) is 183 Å². The fourth-order valence-corrected chi connectivity index (χ4v) is 1.29. The normalized spacial score (nSPS) is 12.0. The van der Waals surface area contributed by atoms with Crippen LogP contribution in [0.15, 0.2) is 0 Å². The molecule has 2 atom stereocenters. The second-order valence-electron chi connectivity index (χ2n) is 5.41. The first-order valence-corrected chi connectivity index (χ1v) is 8.75. The van der Waals surface area contributed by atoms with Crippen LogP contribution in [-0.4, -0.2) is 99.9 Å². The van der Waals surface area contributed by atoms with Gasteiger partial charge in [-0.15, -0.1) is 0 Å². The summed E-state index contributed by atoms with van der Waals surface area (Å²) in [6.07, 6.45) is -5.89. The van der Waals surface area contributed by atoms with Crippen molar-refractivity contribution in [3.05, 3.63) is 0 Å². The smallest absolute Gasteiger partial charge is 0.432 e. The molecule has 0 bridgehead atoms. The largest absolute Gasteiger partial charge is 0.508 e. The summed E-state index contributed by atoms with van der Waals surface area (Å²) in [7, 11) is 0. The second-order valence-corrected chi connectivity index (χ2v) is 5.41. The number of carbonyl (C=O) groups excluding carboxylic acids is 4. The molecule has 0 spiro atoms. The number of ether oxygens (including phenoxy) is 8. The number of hydrogen-bond donors (Lipinski definition) is 2. The molecule has 0 fully saturated rings. The van der Waals surface area contributed by atoms with E-state index in [2.05, 4.69) is 37.9 Å². The van der Waals surface area contributed by atoms with Crippen LogP contribution < -0.4 is 0 Å². The number of aliphatic hydroxyl groups is 2. The van der Waals surface area contributed by atoms with E-state index in [0.29, 0.717) is 0 Å². The average molecular weight is 442 g/mol. The van der Waals surface area contributed by atoms with Gasteiger partial charge in [0, 0.05) is 0 Å². The van der Waals surface area contributed by atoms with Gasteiger partial charge in [-0.3, -0.25) is 0 Å².